The Hall–Kier alpha value is -1.31. The summed E-state index contributed by atoms with van der Waals surface area (Å²) in [5.74, 6) is 0.215. The van der Waals surface area contributed by atoms with Crippen molar-refractivity contribution in [2.24, 2.45) is 0 Å². The van der Waals surface area contributed by atoms with Gasteiger partial charge in [-0.05, 0) is 32.9 Å². The lowest BCUT2D eigenvalue weighted by Crippen LogP contribution is -2.40. The van der Waals surface area contributed by atoms with Crippen molar-refractivity contribution in [3.05, 3.63) is 18.2 Å². The fraction of sp³-hybridized carbons (Fsp3) is 0.538. The summed E-state index contributed by atoms with van der Waals surface area (Å²) >= 11 is 0. The quantitative estimate of drug-likeness (QED) is 0.742. The number of sulfonamides is 1. The molecule has 0 heterocycles. The summed E-state index contributed by atoms with van der Waals surface area (Å²) in [5.41, 5.74) is 5.47. The highest BCUT2D eigenvalue weighted by atomic mass is 32.2. The van der Waals surface area contributed by atoms with E-state index in [1.54, 1.807) is 0 Å². The average Bonchev–Trinajstić information content (AvgIpc) is 2.36. The minimum absolute atomic E-state index is 0.0569. The number of ether oxygens (including phenoxy) is 2. The summed E-state index contributed by atoms with van der Waals surface area (Å²) in [6.45, 7) is 6.17. The Balaban J connectivity index is 2.95. The van der Waals surface area contributed by atoms with E-state index in [1.165, 1.54) is 25.3 Å². The van der Waals surface area contributed by atoms with Crippen LogP contribution in [0.2, 0.25) is 0 Å². The van der Waals surface area contributed by atoms with Gasteiger partial charge in [0.2, 0.25) is 10.0 Å². The molecule has 1 aromatic rings. The van der Waals surface area contributed by atoms with Gasteiger partial charge < -0.3 is 15.2 Å². The molecule has 0 saturated carbocycles. The third-order valence-corrected chi connectivity index (χ3v) is 4.14. The van der Waals surface area contributed by atoms with Crippen molar-refractivity contribution in [2.75, 3.05) is 26.0 Å². The summed E-state index contributed by atoms with van der Waals surface area (Å²) in [6, 6.07) is 4.41. The molecule has 7 heteroatoms. The SMILES string of the molecule is CCOC(C)(C)CNS(=O)(=O)c1ccc(N)cc1OC. The lowest BCUT2D eigenvalue weighted by atomic mass is 10.1. The zero-order chi connectivity index (χ0) is 15.4. The summed E-state index contributed by atoms with van der Waals surface area (Å²) in [6.07, 6.45) is 0. The number of rotatable bonds is 7. The predicted octanol–water partition coefficient (Wildman–Crippen LogP) is 1.37. The molecule has 0 unspecified atom stereocenters. The molecule has 0 radical (unpaired) electrons. The van der Waals surface area contributed by atoms with Crippen LogP contribution in [0.25, 0.3) is 0 Å². The van der Waals surface area contributed by atoms with E-state index in [2.05, 4.69) is 4.72 Å². The number of nitrogens with two attached hydrogens (primary N) is 1. The standard InChI is InChI=1S/C13H22N2O4S/c1-5-19-13(2,3)9-15-20(16,17)12-7-6-10(14)8-11(12)18-4/h6-8,15H,5,9,14H2,1-4H3. The molecule has 1 aromatic carbocycles. The first-order valence-corrected chi connectivity index (χ1v) is 7.77. The van der Waals surface area contributed by atoms with Crippen molar-refractivity contribution in [1.82, 2.24) is 4.72 Å². The number of methoxy groups -OCH3 is 1. The second-order valence-electron chi connectivity index (χ2n) is 4.93. The van der Waals surface area contributed by atoms with Gasteiger partial charge in [0.25, 0.3) is 0 Å². The molecule has 0 bridgehead atoms. The van der Waals surface area contributed by atoms with Gasteiger partial charge in [-0.3, -0.25) is 0 Å². The van der Waals surface area contributed by atoms with Gasteiger partial charge in [-0.2, -0.15) is 0 Å². The van der Waals surface area contributed by atoms with E-state index < -0.39 is 15.6 Å². The Kier molecular flexibility index (Phi) is 5.38. The Morgan fingerprint density at radius 1 is 1.35 bits per heavy atom. The number of anilines is 1. The van der Waals surface area contributed by atoms with E-state index in [4.69, 9.17) is 15.2 Å². The van der Waals surface area contributed by atoms with Crippen LogP contribution in [0.3, 0.4) is 0 Å². The second kappa shape index (κ2) is 6.43. The molecule has 1 rings (SSSR count). The largest absolute Gasteiger partial charge is 0.495 e. The highest BCUT2D eigenvalue weighted by Gasteiger charge is 2.24. The van der Waals surface area contributed by atoms with Crippen LogP contribution in [0.1, 0.15) is 20.8 Å². The van der Waals surface area contributed by atoms with Crippen LogP contribution in [0, 0.1) is 0 Å². The first-order chi connectivity index (χ1) is 9.22. The van der Waals surface area contributed by atoms with Gasteiger partial charge in [0.05, 0.1) is 12.7 Å². The van der Waals surface area contributed by atoms with Crippen molar-refractivity contribution in [3.8, 4) is 5.75 Å². The van der Waals surface area contributed by atoms with Crippen molar-refractivity contribution in [3.63, 3.8) is 0 Å². The van der Waals surface area contributed by atoms with Gasteiger partial charge in [0, 0.05) is 24.9 Å². The molecule has 114 valence electrons. The maximum atomic E-state index is 12.3. The maximum absolute atomic E-state index is 12.3. The van der Waals surface area contributed by atoms with E-state index >= 15 is 0 Å². The first kappa shape index (κ1) is 16.7. The summed E-state index contributed by atoms with van der Waals surface area (Å²) in [5, 5.41) is 0. The number of nitrogens with one attached hydrogen (secondary N) is 1. The molecular weight excluding hydrogens is 280 g/mol. The van der Waals surface area contributed by atoms with Gasteiger partial charge in [0.15, 0.2) is 0 Å². The van der Waals surface area contributed by atoms with Crippen LogP contribution >= 0.6 is 0 Å². The van der Waals surface area contributed by atoms with E-state index in [9.17, 15) is 8.42 Å². The molecule has 0 fully saturated rings. The number of nitrogen functional groups attached to an aromatic ring is 1. The molecule has 0 spiro atoms. The Morgan fingerprint density at radius 3 is 2.55 bits per heavy atom. The molecule has 0 saturated heterocycles. The number of hydrogen-bond acceptors (Lipinski definition) is 5. The molecule has 3 N–H and O–H groups in total. The fourth-order valence-corrected chi connectivity index (χ4v) is 3.04. The normalized spacial score (nSPS) is 12.4. The Labute approximate surface area is 120 Å². The van der Waals surface area contributed by atoms with Gasteiger partial charge in [-0.15, -0.1) is 0 Å². The van der Waals surface area contributed by atoms with Crippen LogP contribution in [0.5, 0.6) is 5.75 Å². The van der Waals surface area contributed by atoms with Gasteiger partial charge in [-0.25, -0.2) is 13.1 Å². The monoisotopic (exact) mass is 302 g/mol. The summed E-state index contributed by atoms with van der Waals surface area (Å²) in [7, 11) is -2.28. The smallest absolute Gasteiger partial charge is 0.244 e. The molecule has 0 atom stereocenters. The molecule has 0 aliphatic rings. The molecule has 0 aliphatic heterocycles. The maximum Gasteiger partial charge on any atom is 0.244 e. The highest BCUT2D eigenvalue weighted by Crippen LogP contribution is 2.26. The molecule has 6 nitrogen and oxygen atoms in total. The second-order valence-corrected chi connectivity index (χ2v) is 6.66. The Morgan fingerprint density at radius 2 is 2.00 bits per heavy atom. The van der Waals surface area contributed by atoms with Crippen molar-refractivity contribution in [1.29, 1.82) is 0 Å². The molecular formula is C13H22N2O4S. The van der Waals surface area contributed by atoms with E-state index in [-0.39, 0.29) is 17.2 Å². The molecule has 0 amide bonds. The lowest BCUT2D eigenvalue weighted by molar-refractivity contribution is -0.00515. The molecule has 0 aromatic heterocycles. The third-order valence-electron chi connectivity index (χ3n) is 2.70. The van der Waals surface area contributed by atoms with E-state index in [0.29, 0.717) is 12.3 Å². The van der Waals surface area contributed by atoms with E-state index in [1.807, 2.05) is 20.8 Å². The van der Waals surface area contributed by atoms with Gasteiger partial charge in [-0.1, -0.05) is 0 Å². The minimum atomic E-state index is -3.68. The minimum Gasteiger partial charge on any atom is -0.495 e. The first-order valence-electron chi connectivity index (χ1n) is 6.29. The number of benzene rings is 1. The van der Waals surface area contributed by atoms with Crippen molar-refractivity contribution >= 4 is 15.7 Å². The third kappa shape index (κ3) is 4.36. The average molecular weight is 302 g/mol. The van der Waals surface area contributed by atoms with Crippen LogP contribution in [0.15, 0.2) is 23.1 Å². The highest BCUT2D eigenvalue weighted by molar-refractivity contribution is 7.89. The topological polar surface area (TPSA) is 90.7 Å². The zero-order valence-corrected chi connectivity index (χ0v) is 13.1. The zero-order valence-electron chi connectivity index (χ0n) is 12.3. The summed E-state index contributed by atoms with van der Waals surface area (Å²) < 4.78 is 37.6. The van der Waals surface area contributed by atoms with Crippen LogP contribution in [-0.2, 0) is 14.8 Å². The van der Waals surface area contributed by atoms with E-state index in [0.717, 1.165) is 0 Å². The van der Waals surface area contributed by atoms with Crippen molar-refractivity contribution < 1.29 is 17.9 Å². The van der Waals surface area contributed by atoms with Gasteiger partial charge in [0.1, 0.15) is 10.6 Å². The summed E-state index contributed by atoms with van der Waals surface area (Å²) in [4.78, 5) is 0.0569. The van der Waals surface area contributed by atoms with Gasteiger partial charge >= 0.3 is 0 Å². The van der Waals surface area contributed by atoms with Crippen LogP contribution in [0.4, 0.5) is 5.69 Å². The predicted molar refractivity (Wildman–Crippen MR) is 78.3 cm³/mol. The molecule has 0 aliphatic carbocycles. The molecule has 20 heavy (non-hydrogen) atoms. The fourth-order valence-electron chi connectivity index (χ4n) is 1.69. The Bertz CT molecular complexity index is 555. The van der Waals surface area contributed by atoms with Crippen LogP contribution in [-0.4, -0.2) is 34.3 Å². The lowest BCUT2D eigenvalue weighted by Gasteiger charge is -2.25. The number of hydrogen-bond donors (Lipinski definition) is 2. The van der Waals surface area contributed by atoms with Crippen molar-refractivity contribution in [2.45, 2.75) is 31.3 Å². The van der Waals surface area contributed by atoms with Crippen LogP contribution < -0.4 is 15.2 Å².